The molecule has 0 aliphatic carbocycles. The summed E-state index contributed by atoms with van der Waals surface area (Å²) in [7, 11) is 1.49. The summed E-state index contributed by atoms with van der Waals surface area (Å²) in [6.45, 7) is 3.54. The Morgan fingerprint density at radius 1 is 0.810 bits per heavy atom. The highest BCUT2D eigenvalue weighted by molar-refractivity contribution is 5.77. The van der Waals surface area contributed by atoms with Crippen molar-refractivity contribution in [2.24, 2.45) is 0 Å². The summed E-state index contributed by atoms with van der Waals surface area (Å²) in [5, 5.41) is 1.04. The lowest BCUT2D eigenvalue weighted by atomic mass is 10.1. The minimum atomic E-state index is -0.454. The van der Waals surface area contributed by atoms with Gasteiger partial charge in [0, 0.05) is 20.4 Å². The lowest BCUT2D eigenvalue weighted by molar-refractivity contribution is -0.190. The fourth-order valence-corrected chi connectivity index (χ4v) is 2.34. The molecule has 4 heteroatoms. The molecule has 0 spiro atoms. The standard InChI is InChI=1S/C17H33NO3/c1-4-5-6-7-8-9-10-11-12-13-14-15-17(20)18(3)21-16(2)19/h4-15H2,1-3H3. The van der Waals surface area contributed by atoms with Crippen LogP contribution in [0.5, 0.6) is 0 Å². The van der Waals surface area contributed by atoms with Crippen LogP contribution in [0.2, 0.25) is 0 Å². The van der Waals surface area contributed by atoms with Gasteiger partial charge in [-0.3, -0.25) is 9.59 Å². The van der Waals surface area contributed by atoms with Crippen molar-refractivity contribution in [1.29, 1.82) is 0 Å². The molecular formula is C17H33NO3. The van der Waals surface area contributed by atoms with Crippen LogP contribution in [-0.4, -0.2) is 24.0 Å². The van der Waals surface area contributed by atoms with Crippen LogP contribution < -0.4 is 0 Å². The molecular weight excluding hydrogens is 266 g/mol. The molecule has 0 aliphatic heterocycles. The molecule has 0 rings (SSSR count). The molecule has 0 atom stereocenters. The molecule has 0 N–H and O–H groups in total. The number of amides is 1. The molecule has 0 radical (unpaired) electrons. The molecule has 0 fully saturated rings. The molecule has 0 unspecified atom stereocenters. The lowest BCUT2D eigenvalue weighted by Gasteiger charge is -2.14. The van der Waals surface area contributed by atoms with Gasteiger partial charge < -0.3 is 4.84 Å². The van der Waals surface area contributed by atoms with E-state index in [0.29, 0.717) is 6.42 Å². The molecule has 0 aromatic heterocycles. The van der Waals surface area contributed by atoms with Gasteiger partial charge in [0.15, 0.2) is 0 Å². The van der Waals surface area contributed by atoms with Crippen molar-refractivity contribution in [2.75, 3.05) is 7.05 Å². The molecule has 0 saturated carbocycles. The molecule has 0 aliphatic rings. The van der Waals surface area contributed by atoms with Crippen LogP contribution >= 0.6 is 0 Å². The van der Waals surface area contributed by atoms with Gasteiger partial charge in [-0.25, -0.2) is 0 Å². The maximum atomic E-state index is 11.6. The van der Waals surface area contributed by atoms with E-state index in [1.807, 2.05) is 0 Å². The number of hydrogen-bond acceptors (Lipinski definition) is 3. The number of carbonyl (C=O) groups is 2. The van der Waals surface area contributed by atoms with Crippen molar-refractivity contribution >= 4 is 11.9 Å². The summed E-state index contributed by atoms with van der Waals surface area (Å²) in [5.41, 5.74) is 0. The second-order valence-corrected chi connectivity index (χ2v) is 5.76. The van der Waals surface area contributed by atoms with E-state index >= 15 is 0 Å². The average molecular weight is 299 g/mol. The molecule has 21 heavy (non-hydrogen) atoms. The summed E-state index contributed by atoms with van der Waals surface area (Å²) in [4.78, 5) is 27.0. The van der Waals surface area contributed by atoms with Crippen LogP contribution in [0.15, 0.2) is 0 Å². The number of nitrogens with zero attached hydrogens (tertiary/aromatic N) is 1. The predicted octanol–water partition coefficient (Wildman–Crippen LogP) is 4.62. The number of unbranched alkanes of at least 4 members (excludes halogenated alkanes) is 10. The molecule has 0 bridgehead atoms. The van der Waals surface area contributed by atoms with Gasteiger partial charge in [-0.05, 0) is 6.42 Å². The smallest absolute Gasteiger partial charge is 0.329 e. The monoisotopic (exact) mass is 299 g/mol. The Bertz CT molecular complexity index is 279. The van der Waals surface area contributed by atoms with Crippen molar-refractivity contribution in [1.82, 2.24) is 5.06 Å². The number of hydrogen-bond donors (Lipinski definition) is 0. The maximum Gasteiger partial charge on any atom is 0.329 e. The first-order chi connectivity index (χ1) is 10.1. The Labute approximate surface area is 130 Å². The first kappa shape index (κ1) is 19.9. The second-order valence-electron chi connectivity index (χ2n) is 5.76. The van der Waals surface area contributed by atoms with Gasteiger partial charge >= 0.3 is 5.97 Å². The summed E-state index contributed by atoms with van der Waals surface area (Å²) >= 11 is 0. The van der Waals surface area contributed by atoms with Gasteiger partial charge in [-0.2, -0.15) is 5.06 Å². The van der Waals surface area contributed by atoms with Gasteiger partial charge in [-0.15, -0.1) is 0 Å². The Balaban J connectivity index is 3.28. The Kier molecular flexibility index (Phi) is 13.2. The fourth-order valence-electron chi connectivity index (χ4n) is 2.34. The van der Waals surface area contributed by atoms with Crippen LogP contribution in [0.3, 0.4) is 0 Å². The zero-order valence-electron chi connectivity index (χ0n) is 14.2. The molecule has 0 heterocycles. The lowest BCUT2D eigenvalue weighted by Crippen LogP contribution is -2.28. The second kappa shape index (κ2) is 13.9. The first-order valence-corrected chi connectivity index (χ1v) is 8.53. The van der Waals surface area contributed by atoms with Crippen LogP contribution in [-0.2, 0) is 14.4 Å². The van der Waals surface area contributed by atoms with E-state index < -0.39 is 5.97 Å². The average Bonchev–Trinajstić information content (AvgIpc) is 2.43. The van der Waals surface area contributed by atoms with E-state index in [0.717, 1.165) is 17.9 Å². The third kappa shape index (κ3) is 13.7. The minimum Gasteiger partial charge on any atom is -0.339 e. The zero-order chi connectivity index (χ0) is 15.9. The van der Waals surface area contributed by atoms with E-state index in [4.69, 9.17) is 4.84 Å². The van der Waals surface area contributed by atoms with Crippen LogP contribution in [0.25, 0.3) is 0 Å². The molecule has 0 aromatic carbocycles. The van der Waals surface area contributed by atoms with Crippen molar-refractivity contribution in [2.45, 2.75) is 90.9 Å². The van der Waals surface area contributed by atoms with Crippen LogP contribution in [0, 0.1) is 0 Å². The quantitative estimate of drug-likeness (QED) is 0.390. The SMILES string of the molecule is CCCCCCCCCCCCCC(=O)N(C)OC(C)=O. The molecule has 0 saturated heterocycles. The first-order valence-electron chi connectivity index (χ1n) is 8.53. The largest absolute Gasteiger partial charge is 0.339 e. The van der Waals surface area contributed by atoms with Crippen molar-refractivity contribution < 1.29 is 14.4 Å². The third-order valence-corrected chi connectivity index (χ3v) is 3.61. The van der Waals surface area contributed by atoms with E-state index in [-0.39, 0.29) is 5.91 Å². The van der Waals surface area contributed by atoms with Gasteiger partial charge in [0.2, 0.25) is 0 Å². The van der Waals surface area contributed by atoms with Gasteiger partial charge in [0.25, 0.3) is 5.91 Å². The Morgan fingerprint density at radius 3 is 1.67 bits per heavy atom. The fraction of sp³-hybridized carbons (Fsp3) is 0.882. The molecule has 124 valence electrons. The maximum absolute atomic E-state index is 11.6. The highest BCUT2D eigenvalue weighted by Gasteiger charge is 2.10. The summed E-state index contributed by atoms with van der Waals surface area (Å²) in [6, 6.07) is 0. The van der Waals surface area contributed by atoms with E-state index in [2.05, 4.69) is 6.92 Å². The number of hydroxylamine groups is 2. The highest BCUT2D eigenvalue weighted by atomic mass is 16.7. The van der Waals surface area contributed by atoms with Crippen molar-refractivity contribution in [3.8, 4) is 0 Å². The number of carbonyl (C=O) groups excluding carboxylic acids is 2. The summed E-state index contributed by atoms with van der Waals surface area (Å²) < 4.78 is 0. The Morgan fingerprint density at radius 2 is 1.24 bits per heavy atom. The summed E-state index contributed by atoms with van der Waals surface area (Å²) in [6.07, 6.45) is 14.3. The minimum absolute atomic E-state index is 0.124. The third-order valence-electron chi connectivity index (χ3n) is 3.61. The number of rotatable bonds is 12. The zero-order valence-corrected chi connectivity index (χ0v) is 14.2. The van der Waals surface area contributed by atoms with Crippen molar-refractivity contribution in [3.05, 3.63) is 0 Å². The molecule has 0 aromatic rings. The van der Waals surface area contributed by atoms with E-state index in [1.165, 1.54) is 71.8 Å². The highest BCUT2D eigenvalue weighted by Crippen LogP contribution is 2.12. The predicted molar refractivity (Wildman–Crippen MR) is 85.6 cm³/mol. The van der Waals surface area contributed by atoms with Gasteiger partial charge in [-0.1, -0.05) is 71.1 Å². The normalized spacial score (nSPS) is 10.4. The van der Waals surface area contributed by atoms with Crippen LogP contribution in [0.4, 0.5) is 0 Å². The Hall–Kier alpha value is -1.06. The van der Waals surface area contributed by atoms with Gasteiger partial charge in [0.05, 0.1) is 0 Å². The van der Waals surface area contributed by atoms with Crippen molar-refractivity contribution in [3.63, 3.8) is 0 Å². The van der Waals surface area contributed by atoms with Gasteiger partial charge in [0.1, 0.15) is 0 Å². The summed E-state index contributed by atoms with van der Waals surface area (Å²) in [5.74, 6) is -0.578. The van der Waals surface area contributed by atoms with E-state index in [9.17, 15) is 9.59 Å². The molecule has 4 nitrogen and oxygen atoms in total. The van der Waals surface area contributed by atoms with Crippen LogP contribution in [0.1, 0.15) is 90.9 Å². The van der Waals surface area contributed by atoms with E-state index in [1.54, 1.807) is 0 Å². The molecule has 1 amide bonds. The topological polar surface area (TPSA) is 46.6 Å².